The normalized spacial score (nSPS) is 23.1. The number of benzene rings is 1. The molecule has 1 spiro atoms. The van der Waals surface area contributed by atoms with Crippen molar-refractivity contribution in [1.82, 2.24) is 14.9 Å². The van der Waals surface area contributed by atoms with E-state index in [1.807, 2.05) is 12.3 Å². The van der Waals surface area contributed by atoms with Crippen molar-refractivity contribution < 1.29 is 4.74 Å². The van der Waals surface area contributed by atoms with Crippen molar-refractivity contribution in [2.45, 2.75) is 31.8 Å². The summed E-state index contributed by atoms with van der Waals surface area (Å²) in [6.45, 7) is 5.51. The zero-order chi connectivity index (χ0) is 16.9. The molecule has 0 bridgehead atoms. The smallest absolute Gasteiger partial charge is 0.217 e. The van der Waals surface area contributed by atoms with E-state index >= 15 is 0 Å². The van der Waals surface area contributed by atoms with E-state index in [4.69, 9.17) is 9.72 Å². The molecule has 2 aliphatic heterocycles. The summed E-state index contributed by atoms with van der Waals surface area (Å²) >= 11 is 1.73. The van der Waals surface area contributed by atoms with Crippen molar-refractivity contribution in [1.29, 1.82) is 0 Å². The SMILES string of the molecule is CCN1CCC[C@]2(Cc3cc(-c4nc5ccccc5s4)cnc3O2)C1. The number of piperidine rings is 1. The summed E-state index contributed by atoms with van der Waals surface area (Å²) in [4.78, 5) is 11.9. The lowest BCUT2D eigenvalue weighted by Gasteiger charge is -2.38. The maximum Gasteiger partial charge on any atom is 0.217 e. The van der Waals surface area contributed by atoms with E-state index in [1.54, 1.807) is 11.3 Å². The van der Waals surface area contributed by atoms with Gasteiger partial charge in [0.25, 0.3) is 0 Å². The number of rotatable bonds is 2. The number of hydrogen-bond acceptors (Lipinski definition) is 5. The standard InChI is InChI=1S/C20H21N3OS/c1-2-23-9-5-8-20(13-23)11-14-10-15(12-21-18(14)24-20)19-22-16-6-3-4-7-17(16)25-19/h3-4,6-7,10,12H,2,5,8-9,11,13H2,1H3/t20-/m0/s1. The minimum Gasteiger partial charge on any atom is -0.469 e. The molecule has 5 rings (SSSR count). The van der Waals surface area contributed by atoms with Gasteiger partial charge in [-0.3, -0.25) is 4.90 Å². The fourth-order valence-corrected chi connectivity index (χ4v) is 5.05. The first kappa shape index (κ1) is 15.3. The number of likely N-dealkylation sites (N-methyl/N-ethyl adjacent to an activating group) is 1. The van der Waals surface area contributed by atoms with Gasteiger partial charge in [0.05, 0.1) is 10.2 Å². The van der Waals surface area contributed by atoms with Crippen LogP contribution in [0.1, 0.15) is 25.3 Å². The van der Waals surface area contributed by atoms with E-state index in [0.717, 1.165) is 47.9 Å². The summed E-state index contributed by atoms with van der Waals surface area (Å²) in [5, 5.41) is 1.04. The van der Waals surface area contributed by atoms with E-state index in [0.29, 0.717) is 0 Å². The first-order valence-electron chi connectivity index (χ1n) is 9.01. The number of aromatic nitrogens is 2. The molecule has 1 aromatic carbocycles. The Morgan fingerprint density at radius 1 is 1.32 bits per heavy atom. The van der Waals surface area contributed by atoms with Gasteiger partial charge >= 0.3 is 0 Å². The van der Waals surface area contributed by atoms with Crippen LogP contribution in [-0.2, 0) is 6.42 Å². The van der Waals surface area contributed by atoms with Crippen LogP contribution in [0.2, 0.25) is 0 Å². The molecule has 25 heavy (non-hydrogen) atoms. The third-order valence-electron chi connectivity index (χ3n) is 5.36. The molecule has 3 aromatic rings. The van der Waals surface area contributed by atoms with E-state index in [1.165, 1.54) is 23.2 Å². The van der Waals surface area contributed by atoms with E-state index in [2.05, 4.69) is 41.1 Å². The Morgan fingerprint density at radius 2 is 2.24 bits per heavy atom. The van der Waals surface area contributed by atoms with Gasteiger partial charge in [0.15, 0.2) is 0 Å². The minimum atomic E-state index is -0.0736. The van der Waals surface area contributed by atoms with Crippen LogP contribution in [0.15, 0.2) is 36.5 Å². The third-order valence-corrected chi connectivity index (χ3v) is 6.44. The average molecular weight is 351 g/mol. The fourth-order valence-electron chi connectivity index (χ4n) is 4.11. The summed E-state index contributed by atoms with van der Waals surface area (Å²) < 4.78 is 7.57. The summed E-state index contributed by atoms with van der Waals surface area (Å²) in [5.41, 5.74) is 3.32. The Hall–Kier alpha value is -1.98. The molecule has 0 radical (unpaired) electrons. The van der Waals surface area contributed by atoms with Gasteiger partial charge in [0.2, 0.25) is 5.88 Å². The Balaban J connectivity index is 1.47. The number of ether oxygens (including phenoxy) is 1. The van der Waals surface area contributed by atoms with Gasteiger partial charge < -0.3 is 4.74 Å². The van der Waals surface area contributed by atoms with Crippen molar-refractivity contribution in [3.63, 3.8) is 0 Å². The number of fused-ring (bicyclic) bond motifs is 2. The summed E-state index contributed by atoms with van der Waals surface area (Å²) in [6.07, 6.45) is 5.20. The van der Waals surface area contributed by atoms with Gasteiger partial charge in [0, 0.05) is 30.3 Å². The van der Waals surface area contributed by atoms with Gasteiger partial charge in [-0.05, 0) is 44.1 Å². The van der Waals surface area contributed by atoms with Gasteiger partial charge in [-0.2, -0.15) is 0 Å². The van der Waals surface area contributed by atoms with Gasteiger partial charge in [-0.15, -0.1) is 11.3 Å². The summed E-state index contributed by atoms with van der Waals surface area (Å²) in [7, 11) is 0. The zero-order valence-corrected chi connectivity index (χ0v) is 15.2. The number of hydrogen-bond donors (Lipinski definition) is 0. The molecule has 2 aromatic heterocycles. The van der Waals surface area contributed by atoms with Crippen molar-refractivity contribution in [3.8, 4) is 16.5 Å². The summed E-state index contributed by atoms with van der Waals surface area (Å²) in [5.74, 6) is 0.822. The van der Waals surface area contributed by atoms with Gasteiger partial charge in [-0.1, -0.05) is 19.1 Å². The summed E-state index contributed by atoms with van der Waals surface area (Å²) in [6, 6.07) is 10.5. The number of para-hydroxylation sites is 1. The minimum absolute atomic E-state index is 0.0736. The van der Waals surface area contributed by atoms with Crippen LogP contribution in [-0.4, -0.2) is 40.1 Å². The van der Waals surface area contributed by atoms with Gasteiger partial charge in [-0.25, -0.2) is 9.97 Å². The molecule has 1 saturated heterocycles. The Bertz CT molecular complexity index is 905. The van der Waals surface area contributed by atoms with Crippen LogP contribution in [0.4, 0.5) is 0 Å². The molecule has 5 heteroatoms. The molecule has 1 fully saturated rings. The monoisotopic (exact) mass is 351 g/mol. The molecule has 0 N–H and O–H groups in total. The largest absolute Gasteiger partial charge is 0.469 e. The van der Waals surface area contributed by atoms with Gasteiger partial charge in [0.1, 0.15) is 10.6 Å². The van der Waals surface area contributed by atoms with Crippen LogP contribution >= 0.6 is 11.3 Å². The highest BCUT2D eigenvalue weighted by Gasteiger charge is 2.43. The average Bonchev–Trinajstić information content (AvgIpc) is 3.21. The van der Waals surface area contributed by atoms with E-state index < -0.39 is 0 Å². The maximum atomic E-state index is 6.35. The third kappa shape index (κ3) is 2.62. The van der Waals surface area contributed by atoms with Crippen LogP contribution in [0, 0.1) is 0 Å². The highest BCUT2D eigenvalue weighted by Crippen LogP contribution is 2.41. The molecule has 2 aliphatic rings. The number of pyridine rings is 1. The Morgan fingerprint density at radius 3 is 3.12 bits per heavy atom. The molecule has 0 saturated carbocycles. The Labute approximate surface area is 151 Å². The second kappa shape index (κ2) is 5.78. The van der Waals surface area contributed by atoms with Crippen LogP contribution in [0.25, 0.3) is 20.8 Å². The quantitative estimate of drug-likeness (QED) is 0.695. The molecule has 0 amide bonds. The first-order valence-corrected chi connectivity index (χ1v) is 9.83. The predicted molar refractivity (Wildman–Crippen MR) is 101 cm³/mol. The van der Waals surface area contributed by atoms with Crippen molar-refractivity contribution in [3.05, 3.63) is 42.1 Å². The molecule has 128 valence electrons. The fraction of sp³-hybridized carbons (Fsp3) is 0.400. The maximum absolute atomic E-state index is 6.35. The lowest BCUT2D eigenvalue weighted by Crippen LogP contribution is -2.51. The molecule has 4 nitrogen and oxygen atoms in total. The van der Waals surface area contributed by atoms with E-state index in [9.17, 15) is 0 Å². The molecular weight excluding hydrogens is 330 g/mol. The number of likely N-dealkylation sites (tertiary alicyclic amines) is 1. The highest BCUT2D eigenvalue weighted by molar-refractivity contribution is 7.21. The lowest BCUT2D eigenvalue weighted by molar-refractivity contribution is 0.00781. The molecule has 0 aliphatic carbocycles. The lowest BCUT2D eigenvalue weighted by atomic mass is 9.88. The number of nitrogens with zero attached hydrogens (tertiary/aromatic N) is 3. The van der Waals surface area contributed by atoms with Crippen molar-refractivity contribution in [2.24, 2.45) is 0 Å². The molecule has 1 atom stereocenters. The molecule has 4 heterocycles. The van der Waals surface area contributed by atoms with Crippen molar-refractivity contribution in [2.75, 3.05) is 19.6 Å². The van der Waals surface area contributed by atoms with Crippen LogP contribution in [0.3, 0.4) is 0 Å². The van der Waals surface area contributed by atoms with Crippen LogP contribution in [0.5, 0.6) is 5.88 Å². The Kier molecular flexibility index (Phi) is 3.54. The van der Waals surface area contributed by atoms with Crippen molar-refractivity contribution >= 4 is 21.6 Å². The van der Waals surface area contributed by atoms with Crippen LogP contribution < -0.4 is 4.74 Å². The topological polar surface area (TPSA) is 38.2 Å². The first-order chi connectivity index (χ1) is 12.2. The predicted octanol–water partition coefficient (Wildman–Crippen LogP) is 4.15. The second-order valence-corrected chi connectivity index (χ2v) is 8.14. The number of thiazole rings is 1. The molecule has 0 unspecified atom stereocenters. The zero-order valence-electron chi connectivity index (χ0n) is 14.4. The molecular formula is C20H21N3OS. The van der Waals surface area contributed by atoms with E-state index in [-0.39, 0.29) is 5.60 Å². The highest BCUT2D eigenvalue weighted by atomic mass is 32.1. The second-order valence-electron chi connectivity index (χ2n) is 7.11.